The van der Waals surface area contributed by atoms with Gasteiger partial charge in [-0.3, -0.25) is 14.4 Å². The fraction of sp³-hybridized carbons (Fsp3) is 0.385. The number of carbonyl (C=O) groups is 4. The standard InChI is InChI=1S/C26H28N2O7/c1-15-12-28(13-20(15)25(32)34-2)24(31)22(11-23(29)30)27-26(33)35-14-21-18-9-5-3-7-16(18)17-8-4-6-10-19(17)21/h3-10,15,20-22H,11-14H2,1-2H3,(H,27,33)(H,29,30). The van der Waals surface area contributed by atoms with Crippen molar-refractivity contribution >= 4 is 23.9 Å². The maximum absolute atomic E-state index is 13.0. The van der Waals surface area contributed by atoms with Crippen molar-refractivity contribution in [1.29, 1.82) is 0 Å². The van der Waals surface area contributed by atoms with E-state index < -0.39 is 42.3 Å². The molecule has 2 amide bonds. The highest BCUT2D eigenvalue weighted by Crippen LogP contribution is 2.44. The summed E-state index contributed by atoms with van der Waals surface area (Å²) >= 11 is 0. The lowest BCUT2D eigenvalue weighted by Crippen LogP contribution is -2.49. The maximum atomic E-state index is 13.0. The quantitative estimate of drug-likeness (QED) is 0.584. The molecule has 2 N–H and O–H groups in total. The van der Waals surface area contributed by atoms with Crippen molar-refractivity contribution in [3.63, 3.8) is 0 Å². The summed E-state index contributed by atoms with van der Waals surface area (Å²) in [6.07, 6.45) is -1.47. The Morgan fingerprint density at radius 1 is 1.03 bits per heavy atom. The number of methoxy groups -OCH3 is 1. The van der Waals surface area contributed by atoms with Gasteiger partial charge in [0, 0.05) is 19.0 Å². The molecule has 0 radical (unpaired) electrons. The lowest BCUT2D eigenvalue weighted by Gasteiger charge is -2.23. The predicted molar refractivity (Wildman–Crippen MR) is 125 cm³/mol. The Morgan fingerprint density at radius 3 is 2.20 bits per heavy atom. The Morgan fingerprint density at radius 2 is 1.63 bits per heavy atom. The number of carboxylic acids is 1. The van der Waals surface area contributed by atoms with Gasteiger partial charge in [-0.25, -0.2) is 4.79 Å². The number of carbonyl (C=O) groups excluding carboxylic acids is 3. The van der Waals surface area contributed by atoms with Gasteiger partial charge in [-0.1, -0.05) is 55.5 Å². The van der Waals surface area contributed by atoms with Crippen molar-refractivity contribution < 1.29 is 33.8 Å². The Balaban J connectivity index is 1.42. The highest BCUT2D eigenvalue weighted by Gasteiger charge is 2.40. The van der Waals surface area contributed by atoms with Gasteiger partial charge in [0.2, 0.25) is 5.91 Å². The molecule has 0 spiro atoms. The lowest BCUT2D eigenvalue weighted by molar-refractivity contribution is -0.146. The molecule has 35 heavy (non-hydrogen) atoms. The highest BCUT2D eigenvalue weighted by molar-refractivity contribution is 5.90. The summed E-state index contributed by atoms with van der Waals surface area (Å²) in [5.74, 6) is -3.04. The minimum atomic E-state index is -1.31. The molecule has 1 saturated heterocycles. The molecule has 1 heterocycles. The van der Waals surface area contributed by atoms with E-state index >= 15 is 0 Å². The number of aliphatic carboxylic acids is 1. The Kier molecular flexibility index (Phi) is 7.04. The van der Waals surface area contributed by atoms with Crippen molar-refractivity contribution in [3.05, 3.63) is 59.7 Å². The molecule has 0 aromatic heterocycles. The number of benzene rings is 2. The summed E-state index contributed by atoms with van der Waals surface area (Å²) in [7, 11) is 1.28. The maximum Gasteiger partial charge on any atom is 0.407 e. The van der Waals surface area contributed by atoms with Crippen LogP contribution >= 0.6 is 0 Å². The molecule has 4 rings (SSSR count). The first-order valence-electron chi connectivity index (χ1n) is 11.5. The first-order chi connectivity index (χ1) is 16.8. The summed E-state index contributed by atoms with van der Waals surface area (Å²) in [6.45, 7) is 2.23. The molecule has 2 aromatic carbocycles. The van der Waals surface area contributed by atoms with E-state index in [1.807, 2.05) is 55.5 Å². The van der Waals surface area contributed by atoms with Gasteiger partial charge in [-0.15, -0.1) is 0 Å². The molecule has 0 saturated carbocycles. The second kappa shape index (κ2) is 10.2. The predicted octanol–water partition coefficient (Wildman–Crippen LogP) is 2.64. The van der Waals surface area contributed by atoms with Crippen molar-refractivity contribution in [2.75, 3.05) is 26.8 Å². The number of ether oxygens (including phenoxy) is 2. The van der Waals surface area contributed by atoms with Gasteiger partial charge < -0.3 is 24.8 Å². The largest absolute Gasteiger partial charge is 0.481 e. The van der Waals surface area contributed by atoms with Crippen molar-refractivity contribution in [1.82, 2.24) is 10.2 Å². The molecule has 3 atom stereocenters. The second-order valence-electron chi connectivity index (χ2n) is 8.97. The number of likely N-dealkylation sites (tertiary alicyclic amines) is 1. The number of esters is 1. The Bertz CT molecular complexity index is 1100. The van der Waals surface area contributed by atoms with E-state index in [-0.39, 0.29) is 31.5 Å². The molecular weight excluding hydrogens is 452 g/mol. The first kappa shape index (κ1) is 24.3. The van der Waals surface area contributed by atoms with Crippen LogP contribution in [-0.2, 0) is 23.9 Å². The molecule has 1 aliphatic carbocycles. The average molecular weight is 481 g/mol. The summed E-state index contributed by atoms with van der Waals surface area (Å²) < 4.78 is 10.3. The van der Waals surface area contributed by atoms with Gasteiger partial charge in [0.25, 0.3) is 0 Å². The van der Waals surface area contributed by atoms with E-state index in [0.29, 0.717) is 0 Å². The number of alkyl carbamates (subject to hydrolysis) is 1. The van der Waals surface area contributed by atoms with Crippen LogP contribution in [0.5, 0.6) is 0 Å². The molecular formula is C26H28N2O7. The normalized spacial score (nSPS) is 19.4. The first-order valence-corrected chi connectivity index (χ1v) is 11.5. The van der Waals surface area contributed by atoms with Crippen molar-refractivity contribution in [2.24, 2.45) is 11.8 Å². The Labute approximate surface area is 203 Å². The molecule has 184 valence electrons. The number of hydrogen-bond acceptors (Lipinski definition) is 6. The lowest BCUT2D eigenvalue weighted by atomic mass is 9.98. The van der Waals surface area contributed by atoms with E-state index in [0.717, 1.165) is 22.3 Å². The van der Waals surface area contributed by atoms with Crippen LogP contribution in [0.2, 0.25) is 0 Å². The SMILES string of the molecule is COC(=O)C1CN(C(=O)C(CC(=O)O)NC(=O)OCC2c3ccccc3-c3ccccc32)CC1C. The van der Waals surface area contributed by atoms with Gasteiger partial charge in [-0.2, -0.15) is 0 Å². The van der Waals surface area contributed by atoms with Crippen LogP contribution in [0, 0.1) is 11.8 Å². The third kappa shape index (κ3) is 4.99. The summed E-state index contributed by atoms with van der Waals surface area (Å²) in [5, 5.41) is 11.7. The second-order valence-corrected chi connectivity index (χ2v) is 8.97. The van der Waals surface area contributed by atoms with Crippen LogP contribution in [0.25, 0.3) is 11.1 Å². The van der Waals surface area contributed by atoms with E-state index in [9.17, 15) is 24.3 Å². The van der Waals surface area contributed by atoms with Crippen LogP contribution < -0.4 is 5.32 Å². The summed E-state index contributed by atoms with van der Waals surface area (Å²) in [4.78, 5) is 50.4. The fourth-order valence-electron chi connectivity index (χ4n) is 4.98. The Hall–Kier alpha value is -3.88. The van der Waals surface area contributed by atoms with Gasteiger partial charge in [0.05, 0.1) is 19.4 Å². The van der Waals surface area contributed by atoms with Crippen molar-refractivity contribution in [2.45, 2.75) is 25.3 Å². The van der Waals surface area contributed by atoms with Gasteiger partial charge in [0.15, 0.2) is 0 Å². The monoisotopic (exact) mass is 480 g/mol. The highest BCUT2D eigenvalue weighted by atomic mass is 16.5. The number of fused-ring (bicyclic) bond motifs is 3. The van der Waals surface area contributed by atoms with E-state index in [4.69, 9.17) is 9.47 Å². The number of carboxylic acid groups (broad SMARTS) is 1. The molecule has 0 bridgehead atoms. The molecule has 2 aliphatic rings. The fourth-order valence-corrected chi connectivity index (χ4v) is 4.98. The molecule has 9 nitrogen and oxygen atoms in total. The number of nitrogens with one attached hydrogen (secondary N) is 1. The van der Waals surface area contributed by atoms with Crippen LogP contribution in [-0.4, -0.2) is 66.8 Å². The molecule has 9 heteroatoms. The van der Waals surface area contributed by atoms with Crippen LogP contribution in [0.1, 0.15) is 30.4 Å². The molecule has 3 unspecified atom stereocenters. The molecule has 1 fully saturated rings. The van der Waals surface area contributed by atoms with Crippen LogP contribution in [0.4, 0.5) is 4.79 Å². The van der Waals surface area contributed by atoms with Gasteiger partial charge in [-0.05, 0) is 28.2 Å². The average Bonchev–Trinajstić information content (AvgIpc) is 3.39. The molecule has 2 aromatic rings. The van der Waals surface area contributed by atoms with Gasteiger partial charge >= 0.3 is 18.0 Å². The third-order valence-corrected chi connectivity index (χ3v) is 6.74. The smallest absolute Gasteiger partial charge is 0.407 e. The zero-order valence-corrected chi connectivity index (χ0v) is 19.6. The van der Waals surface area contributed by atoms with Crippen molar-refractivity contribution in [3.8, 4) is 11.1 Å². The number of hydrogen-bond donors (Lipinski definition) is 2. The van der Waals surface area contributed by atoms with E-state index in [2.05, 4.69) is 5.32 Å². The van der Waals surface area contributed by atoms with E-state index in [1.165, 1.54) is 12.0 Å². The van der Waals surface area contributed by atoms with Crippen LogP contribution in [0.15, 0.2) is 48.5 Å². The molecule has 1 aliphatic heterocycles. The third-order valence-electron chi connectivity index (χ3n) is 6.74. The number of rotatable bonds is 7. The number of amides is 2. The summed E-state index contributed by atoms with van der Waals surface area (Å²) in [6, 6.07) is 14.5. The van der Waals surface area contributed by atoms with E-state index in [1.54, 1.807) is 0 Å². The van der Waals surface area contributed by atoms with Gasteiger partial charge in [0.1, 0.15) is 12.6 Å². The van der Waals surface area contributed by atoms with Crippen LogP contribution in [0.3, 0.4) is 0 Å². The topological polar surface area (TPSA) is 122 Å². The minimum Gasteiger partial charge on any atom is -0.481 e. The number of nitrogens with zero attached hydrogens (tertiary/aromatic N) is 1. The minimum absolute atomic E-state index is 0.0407. The summed E-state index contributed by atoms with van der Waals surface area (Å²) in [5.41, 5.74) is 4.25. The zero-order chi connectivity index (χ0) is 25.1. The zero-order valence-electron chi connectivity index (χ0n) is 19.6.